The van der Waals surface area contributed by atoms with E-state index < -0.39 is 6.10 Å². The fourth-order valence-electron chi connectivity index (χ4n) is 2.11. The molecule has 0 saturated heterocycles. The van der Waals surface area contributed by atoms with Crippen molar-refractivity contribution in [2.45, 2.75) is 19.6 Å². The summed E-state index contributed by atoms with van der Waals surface area (Å²) in [6, 6.07) is 14.6. The second-order valence-electron chi connectivity index (χ2n) is 5.22. The van der Waals surface area contributed by atoms with Crippen LogP contribution in [-0.4, -0.2) is 24.0 Å². The zero-order chi connectivity index (χ0) is 16.8. The molecular formula is C18H17FN2O2. The molecule has 5 heteroatoms. The molecule has 2 aromatic carbocycles. The fourth-order valence-corrected chi connectivity index (χ4v) is 2.11. The Balaban J connectivity index is 1.95. The van der Waals surface area contributed by atoms with Crippen LogP contribution in [-0.2, 0) is 11.3 Å². The van der Waals surface area contributed by atoms with Crippen LogP contribution >= 0.6 is 0 Å². The Morgan fingerprint density at radius 1 is 1.22 bits per heavy atom. The first-order valence-corrected chi connectivity index (χ1v) is 7.16. The number of ether oxygens (including phenoxy) is 1. The SMILES string of the molecule is CC(Oc1ccc(C#N)cc1)C(=O)N(C)Cc1ccc(F)cc1. The van der Waals surface area contributed by atoms with Crippen molar-refractivity contribution in [1.29, 1.82) is 5.26 Å². The van der Waals surface area contributed by atoms with Gasteiger partial charge in [0.15, 0.2) is 6.10 Å². The van der Waals surface area contributed by atoms with Gasteiger partial charge in [-0.2, -0.15) is 5.26 Å². The normalized spacial score (nSPS) is 11.4. The number of nitriles is 1. The molecule has 0 heterocycles. The molecular weight excluding hydrogens is 295 g/mol. The first-order valence-electron chi connectivity index (χ1n) is 7.16. The maximum Gasteiger partial charge on any atom is 0.263 e. The second kappa shape index (κ2) is 7.41. The quantitative estimate of drug-likeness (QED) is 0.852. The Labute approximate surface area is 134 Å². The fraction of sp³-hybridized carbons (Fsp3) is 0.222. The summed E-state index contributed by atoms with van der Waals surface area (Å²) < 4.78 is 18.5. The monoisotopic (exact) mass is 312 g/mol. The number of carbonyl (C=O) groups is 1. The Morgan fingerprint density at radius 2 is 1.83 bits per heavy atom. The highest BCUT2D eigenvalue weighted by molar-refractivity contribution is 5.80. The molecule has 0 aliphatic carbocycles. The van der Waals surface area contributed by atoms with Crippen LogP contribution in [0.5, 0.6) is 5.75 Å². The number of rotatable bonds is 5. The van der Waals surface area contributed by atoms with Crippen molar-refractivity contribution < 1.29 is 13.9 Å². The van der Waals surface area contributed by atoms with Gasteiger partial charge < -0.3 is 9.64 Å². The van der Waals surface area contributed by atoms with E-state index >= 15 is 0 Å². The molecule has 0 fully saturated rings. The molecule has 4 nitrogen and oxygen atoms in total. The predicted molar refractivity (Wildman–Crippen MR) is 84.1 cm³/mol. The van der Waals surface area contributed by atoms with Crippen molar-refractivity contribution in [2.24, 2.45) is 0 Å². The first kappa shape index (κ1) is 16.5. The summed E-state index contributed by atoms with van der Waals surface area (Å²) in [5, 5.41) is 8.75. The van der Waals surface area contributed by atoms with E-state index in [-0.39, 0.29) is 11.7 Å². The van der Waals surface area contributed by atoms with Crippen molar-refractivity contribution in [1.82, 2.24) is 4.90 Å². The van der Waals surface area contributed by atoms with Crippen LogP contribution in [0.3, 0.4) is 0 Å². The van der Waals surface area contributed by atoms with E-state index in [9.17, 15) is 9.18 Å². The highest BCUT2D eigenvalue weighted by Gasteiger charge is 2.19. The molecule has 23 heavy (non-hydrogen) atoms. The highest BCUT2D eigenvalue weighted by atomic mass is 19.1. The van der Waals surface area contributed by atoms with Crippen LogP contribution in [0.4, 0.5) is 4.39 Å². The minimum absolute atomic E-state index is 0.182. The molecule has 1 amide bonds. The number of carbonyl (C=O) groups excluding carboxylic acids is 1. The average molecular weight is 312 g/mol. The number of hydrogen-bond donors (Lipinski definition) is 0. The van der Waals surface area contributed by atoms with Crippen LogP contribution in [0.25, 0.3) is 0 Å². The summed E-state index contributed by atoms with van der Waals surface area (Å²) in [6.07, 6.45) is -0.659. The van der Waals surface area contributed by atoms with Crippen LogP contribution in [0.2, 0.25) is 0 Å². The molecule has 1 atom stereocenters. The average Bonchev–Trinajstić information content (AvgIpc) is 2.56. The standard InChI is InChI=1S/C18H17FN2O2/c1-13(23-17-9-5-14(11-20)6-10-17)18(22)21(2)12-15-3-7-16(19)8-4-15/h3-10,13H,12H2,1-2H3. The molecule has 0 spiro atoms. The van der Waals surface area contributed by atoms with E-state index in [1.165, 1.54) is 17.0 Å². The molecule has 118 valence electrons. The molecule has 0 saturated carbocycles. The van der Waals surface area contributed by atoms with Crippen molar-refractivity contribution in [3.05, 3.63) is 65.5 Å². The summed E-state index contributed by atoms with van der Waals surface area (Å²) in [4.78, 5) is 13.8. The molecule has 0 aromatic heterocycles. The molecule has 0 aliphatic heterocycles. The van der Waals surface area contributed by atoms with E-state index in [0.29, 0.717) is 17.9 Å². The van der Waals surface area contributed by atoms with Gasteiger partial charge in [0.1, 0.15) is 11.6 Å². The first-order chi connectivity index (χ1) is 11.0. The Bertz CT molecular complexity index is 705. The van der Waals surface area contributed by atoms with Crippen LogP contribution in [0.1, 0.15) is 18.1 Å². The van der Waals surface area contributed by atoms with E-state index in [1.54, 1.807) is 50.4 Å². The largest absolute Gasteiger partial charge is 0.481 e. The lowest BCUT2D eigenvalue weighted by atomic mass is 10.2. The number of amides is 1. The van der Waals surface area contributed by atoms with Crippen molar-refractivity contribution in [3.8, 4) is 11.8 Å². The summed E-state index contributed by atoms with van der Waals surface area (Å²) in [6.45, 7) is 2.04. The van der Waals surface area contributed by atoms with Crippen LogP contribution in [0, 0.1) is 17.1 Å². The van der Waals surface area contributed by atoms with Gasteiger partial charge in [-0.05, 0) is 48.9 Å². The molecule has 2 aromatic rings. The minimum atomic E-state index is -0.659. The number of benzene rings is 2. The molecule has 2 rings (SSSR count). The van der Waals surface area contributed by atoms with Gasteiger partial charge in [0.2, 0.25) is 0 Å². The van der Waals surface area contributed by atoms with Crippen molar-refractivity contribution in [2.75, 3.05) is 7.05 Å². The van der Waals surface area contributed by atoms with Gasteiger partial charge in [0, 0.05) is 13.6 Å². The molecule has 0 radical (unpaired) electrons. The lowest BCUT2D eigenvalue weighted by Gasteiger charge is -2.22. The maximum absolute atomic E-state index is 12.9. The third kappa shape index (κ3) is 4.55. The smallest absolute Gasteiger partial charge is 0.263 e. The second-order valence-corrected chi connectivity index (χ2v) is 5.22. The lowest BCUT2D eigenvalue weighted by Crippen LogP contribution is -2.37. The Hall–Kier alpha value is -2.87. The van der Waals surface area contributed by atoms with Gasteiger partial charge in [0.05, 0.1) is 11.6 Å². The summed E-state index contributed by atoms with van der Waals surface area (Å²) in [7, 11) is 1.67. The summed E-state index contributed by atoms with van der Waals surface area (Å²) >= 11 is 0. The van der Waals surface area contributed by atoms with E-state index in [4.69, 9.17) is 10.00 Å². The van der Waals surface area contributed by atoms with Crippen LogP contribution < -0.4 is 4.74 Å². The number of likely N-dealkylation sites (N-methyl/N-ethyl adjacent to an activating group) is 1. The number of nitrogens with zero attached hydrogens (tertiary/aromatic N) is 2. The Morgan fingerprint density at radius 3 is 2.39 bits per heavy atom. The van der Waals surface area contributed by atoms with E-state index in [0.717, 1.165) is 5.56 Å². The Kier molecular flexibility index (Phi) is 5.32. The summed E-state index contributed by atoms with van der Waals surface area (Å²) in [5.41, 5.74) is 1.37. The lowest BCUT2D eigenvalue weighted by molar-refractivity contribution is -0.137. The van der Waals surface area contributed by atoms with Crippen molar-refractivity contribution >= 4 is 5.91 Å². The van der Waals surface area contributed by atoms with Gasteiger partial charge in [-0.15, -0.1) is 0 Å². The zero-order valence-electron chi connectivity index (χ0n) is 13.0. The molecule has 0 N–H and O–H groups in total. The topological polar surface area (TPSA) is 53.3 Å². The van der Waals surface area contributed by atoms with E-state index in [2.05, 4.69) is 0 Å². The highest BCUT2D eigenvalue weighted by Crippen LogP contribution is 2.15. The van der Waals surface area contributed by atoms with Gasteiger partial charge in [-0.25, -0.2) is 4.39 Å². The van der Waals surface area contributed by atoms with Crippen molar-refractivity contribution in [3.63, 3.8) is 0 Å². The predicted octanol–water partition coefficient (Wildman–Crippen LogP) is 3.12. The third-order valence-electron chi connectivity index (χ3n) is 3.35. The van der Waals surface area contributed by atoms with Gasteiger partial charge in [0.25, 0.3) is 5.91 Å². The maximum atomic E-state index is 12.9. The molecule has 1 unspecified atom stereocenters. The summed E-state index contributed by atoms with van der Waals surface area (Å²) in [5.74, 6) is 0.0407. The number of halogens is 1. The zero-order valence-corrected chi connectivity index (χ0v) is 13.0. The molecule has 0 bridgehead atoms. The van der Waals surface area contributed by atoms with Gasteiger partial charge in [-0.1, -0.05) is 12.1 Å². The third-order valence-corrected chi connectivity index (χ3v) is 3.35. The van der Waals surface area contributed by atoms with E-state index in [1.807, 2.05) is 6.07 Å². The molecule has 0 aliphatic rings. The number of hydrogen-bond acceptors (Lipinski definition) is 3. The minimum Gasteiger partial charge on any atom is -0.481 e. The van der Waals surface area contributed by atoms with Crippen LogP contribution in [0.15, 0.2) is 48.5 Å². The van der Waals surface area contributed by atoms with Gasteiger partial charge in [-0.3, -0.25) is 4.79 Å². The van der Waals surface area contributed by atoms with Gasteiger partial charge >= 0.3 is 0 Å².